The molecule has 0 aliphatic carbocycles. The Morgan fingerprint density at radius 2 is 1.38 bits per heavy atom. The Morgan fingerprint density at radius 3 is 1.88 bits per heavy atom. The zero-order chi connectivity index (χ0) is 18.9. The molecule has 10 heteroatoms. The molecule has 1 aromatic carbocycles. The summed E-state index contributed by atoms with van der Waals surface area (Å²) in [7, 11) is -5.66. The molecule has 0 N–H and O–H groups in total. The van der Waals surface area contributed by atoms with Gasteiger partial charge >= 0.3 is 0 Å². The van der Waals surface area contributed by atoms with Gasteiger partial charge in [-0.3, -0.25) is 4.68 Å². The highest BCUT2D eigenvalue weighted by atomic mass is 32.2. The van der Waals surface area contributed by atoms with Crippen LogP contribution in [-0.2, 0) is 27.1 Å². The normalized spacial score (nSPS) is 17.9. The van der Waals surface area contributed by atoms with Gasteiger partial charge in [0.1, 0.15) is 4.90 Å². The van der Waals surface area contributed by atoms with Crippen molar-refractivity contribution in [3.05, 3.63) is 42.2 Å². The zero-order valence-corrected chi connectivity index (χ0v) is 16.4. The molecule has 3 rings (SSSR count). The SMILES string of the molecule is Cc1ccc(S(=O)(=O)N2CCCN(S(=O)(=O)c3cnn(C)c3)CC2)cc1. The minimum Gasteiger partial charge on any atom is -0.274 e. The molecule has 1 aliphatic heterocycles. The summed E-state index contributed by atoms with van der Waals surface area (Å²) in [5.41, 5.74) is 0.980. The van der Waals surface area contributed by atoms with E-state index in [2.05, 4.69) is 5.10 Å². The molecule has 142 valence electrons. The molecule has 2 aromatic rings. The van der Waals surface area contributed by atoms with Gasteiger partial charge < -0.3 is 0 Å². The Balaban J connectivity index is 1.79. The Bertz CT molecular complexity index is 982. The van der Waals surface area contributed by atoms with Gasteiger partial charge in [0.25, 0.3) is 0 Å². The lowest BCUT2D eigenvalue weighted by Crippen LogP contribution is -2.37. The van der Waals surface area contributed by atoms with Gasteiger partial charge in [-0.05, 0) is 25.5 Å². The predicted octanol–water partition coefficient (Wildman–Crippen LogP) is 0.814. The minimum absolute atomic E-state index is 0.113. The van der Waals surface area contributed by atoms with E-state index in [1.807, 2.05) is 6.92 Å². The quantitative estimate of drug-likeness (QED) is 0.760. The van der Waals surface area contributed by atoms with Crippen LogP contribution >= 0.6 is 0 Å². The maximum Gasteiger partial charge on any atom is 0.246 e. The summed E-state index contributed by atoms with van der Waals surface area (Å²) < 4.78 is 55.2. The average Bonchev–Trinajstić information content (AvgIpc) is 2.88. The number of sulfonamides is 2. The van der Waals surface area contributed by atoms with Crippen molar-refractivity contribution >= 4 is 20.0 Å². The Kier molecular flexibility index (Phi) is 5.20. The first kappa shape index (κ1) is 19.0. The van der Waals surface area contributed by atoms with Crippen LogP contribution in [0.5, 0.6) is 0 Å². The van der Waals surface area contributed by atoms with Gasteiger partial charge in [0.05, 0.1) is 11.1 Å². The third-order valence-corrected chi connectivity index (χ3v) is 8.16. The number of aromatic nitrogens is 2. The van der Waals surface area contributed by atoms with Crippen LogP contribution in [0.4, 0.5) is 0 Å². The Labute approximate surface area is 154 Å². The van der Waals surface area contributed by atoms with Crippen LogP contribution in [-0.4, -0.2) is 61.4 Å². The lowest BCUT2D eigenvalue weighted by Gasteiger charge is -2.21. The molecule has 1 aromatic heterocycles. The fourth-order valence-electron chi connectivity index (χ4n) is 2.89. The summed E-state index contributed by atoms with van der Waals surface area (Å²) in [6, 6.07) is 6.67. The number of benzene rings is 1. The monoisotopic (exact) mass is 398 g/mol. The van der Waals surface area contributed by atoms with E-state index in [0.29, 0.717) is 6.42 Å². The van der Waals surface area contributed by atoms with Crippen molar-refractivity contribution in [2.24, 2.45) is 7.05 Å². The molecule has 0 amide bonds. The second-order valence-electron chi connectivity index (χ2n) is 6.32. The molecular weight excluding hydrogens is 376 g/mol. The van der Waals surface area contributed by atoms with Crippen LogP contribution in [0, 0.1) is 6.92 Å². The highest BCUT2D eigenvalue weighted by Crippen LogP contribution is 2.21. The van der Waals surface area contributed by atoms with Gasteiger partial charge in [0.15, 0.2) is 0 Å². The molecule has 1 fully saturated rings. The average molecular weight is 399 g/mol. The van der Waals surface area contributed by atoms with E-state index < -0.39 is 20.0 Å². The highest BCUT2D eigenvalue weighted by molar-refractivity contribution is 7.89. The van der Waals surface area contributed by atoms with Crippen molar-refractivity contribution in [3.63, 3.8) is 0 Å². The molecule has 0 bridgehead atoms. The minimum atomic E-state index is -3.68. The van der Waals surface area contributed by atoms with Crippen molar-refractivity contribution in [1.29, 1.82) is 0 Å². The molecule has 0 radical (unpaired) electrons. The van der Waals surface area contributed by atoms with E-state index in [4.69, 9.17) is 0 Å². The van der Waals surface area contributed by atoms with E-state index in [1.54, 1.807) is 31.3 Å². The number of hydrogen-bond acceptors (Lipinski definition) is 5. The van der Waals surface area contributed by atoms with Crippen molar-refractivity contribution in [2.45, 2.75) is 23.1 Å². The fourth-order valence-corrected chi connectivity index (χ4v) is 5.82. The molecular formula is C16H22N4O4S2. The lowest BCUT2D eigenvalue weighted by molar-refractivity contribution is 0.404. The highest BCUT2D eigenvalue weighted by Gasteiger charge is 2.32. The third kappa shape index (κ3) is 3.68. The summed E-state index contributed by atoms with van der Waals surface area (Å²) in [6.45, 7) is 2.69. The van der Waals surface area contributed by atoms with Crippen LogP contribution in [0.3, 0.4) is 0 Å². The van der Waals surface area contributed by atoms with Crippen LogP contribution < -0.4 is 0 Å². The van der Waals surface area contributed by atoms with Crippen molar-refractivity contribution in [3.8, 4) is 0 Å². The smallest absolute Gasteiger partial charge is 0.246 e. The second-order valence-corrected chi connectivity index (χ2v) is 10.2. The topological polar surface area (TPSA) is 92.6 Å². The lowest BCUT2D eigenvalue weighted by atomic mass is 10.2. The summed E-state index contributed by atoms with van der Waals surface area (Å²) in [6.07, 6.45) is 3.19. The summed E-state index contributed by atoms with van der Waals surface area (Å²) >= 11 is 0. The maximum absolute atomic E-state index is 12.8. The molecule has 1 aliphatic rings. The number of nitrogens with zero attached hydrogens (tertiary/aromatic N) is 4. The number of aryl methyl sites for hydroxylation is 2. The summed E-state index contributed by atoms with van der Waals surface area (Å²) in [5, 5.41) is 3.91. The Morgan fingerprint density at radius 1 is 0.846 bits per heavy atom. The zero-order valence-electron chi connectivity index (χ0n) is 14.7. The van der Waals surface area contributed by atoms with Crippen LogP contribution in [0.15, 0.2) is 46.5 Å². The number of hydrogen-bond donors (Lipinski definition) is 0. The van der Waals surface area contributed by atoms with Crippen LogP contribution in [0.2, 0.25) is 0 Å². The predicted molar refractivity (Wildman–Crippen MR) is 96.5 cm³/mol. The van der Waals surface area contributed by atoms with Gasteiger partial charge in [-0.1, -0.05) is 17.7 Å². The van der Waals surface area contributed by atoms with E-state index in [-0.39, 0.29) is 36.0 Å². The molecule has 26 heavy (non-hydrogen) atoms. The number of rotatable bonds is 4. The van der Waals surface area contributed by atoms with Gasteiger partial charge in [-0.2, -0.15) is 13.7 Å². The standard InChI is InChI=1S/C16H22N4O4S2/c1-14-4-6-15(7-5-14)25(21,22)19-8-3-9-20(11-10-19)26(23,24)16-12-17-18(2)13-16/h4-7,12-13H,3,8-11H2,1-2H3. The van der Waals surface area contributed by atoms with Crippen molar-refractivity contribution in [2.75, 3.05) is 26.2 Å². The van der Waals surface area contributed by atoms with Gasteiger partial charge in [0, 0.05) is 39.4 Å². The van der Waals surface area contributed by atoms with Gasteiger partial charge in [-0.15, -0.1) is 0 Å². The van der Waals surface area contributed by atoms with E-state index in [9.17, 15) is 16.8 Å². The largest absolute Gasteiger partial charge is 0.274 e. The molecule has 0 saturated carbocycles. The summed E-state index contributed by atoms with van der Waals surface area (Å²) in [5.74, 6) is 0. The van der Waals surface area contributed by atoms with E-state index in [1.165, 1.54) is 25.7 Å². The first-order valence-electron chi connectivity index (χ1n) is 8.27. The van der Waals surface area contributed by atoms with E-state index >= 15 is 0 Å². The first-order valence-corrected chi connectivity index (χ1v) is 11.1. The first-order chi connectivity index (χ1) is 12.2. The van der Waals surface area contributed by atoms with Crippen LogP contribution in [0.25, 0.3) is 0 Å². The van der Waals surface area contributed by atoms with Gasteiger partial charge in [-0.25, -0.2) is 16.8 Å². The third-order valence-electron chi connectivity index (χ3n) is 4.39. The Hall–Kier alpha value is -1.75. The molecule has 2 heterocycles. The van der Waals surface area contributed by atoms with Crippen molar-refractivity contribution < 1.29 is 16.8 Å². The van der Waals surface area contributed by atoms with E-state index in [0.717, 1.165) is 5.56 Å². The second kappa shape index (κ2) is 7.10. The fraction of sp³-hybridized carbons (Fsp3) is 0.438. The van der Waals surface area contributed by atoms with Crippen molar-refractivity contribution in [1.82, 2.24) is 18.4 Å². The molecule has 0 spiro atoms. The molecule has 8 nitrogen and oxygen atoms in total. The van der Waals surface area contributed by atoms with Crippen LogP contribution in [0.1, 0.15) is 12.0 Å². The molecule has 0 atom stereocenters. The maximum atomic E-state index is 12.8. The molecule has 0 unspecified atom stereocenters. The van der Waals surface area contributed by atoms with Gasteiger partial charge in [0.2, 0.25) is 20.0 Å². The summed E-state index contributed by atoms with van der Waals surface area (Å²) in [4.78, 5) is 0.349. The molecule has 1 saturated heterocycles.